The summed E-state index contributed by atoms with van der Waals surface area (Å²) in [4.78, 5) is 23.3. The molecule has 0 spiro atoms. The van der Waals surface area contributed by atoms with Gasteiger partial charge < -0.3 is 9.84 Å². The zero-order valence-corrected chi connectivity index (χ0v) is 24.0. The predicted molar refractivity (Wildman–Crippen MR) is 150 cm³/mol. The second-order valence-electron chi connectivity index (χ2n) is 13.7. The first-order chi connectivity index (χ1) is 18.0. The monoisotopic (exact) mass is 518 g/mol. The maximum absolute atomic E-state index is 12.4. The predicted octanol–water partition coefficient (Wildman–Crippen LogP) is 7.92. The molecule has 206 valence electrons. The van der Waals surface area contributed by atoms with Gasteiger partial charge in [-0.2, -0.15) is 0 Å². The lowest BCUT2D eigenvalue weighted by atomic mass is 9.46. The number of hydrogen-bond donors (Lipinski definition) is 1. The summed E-state index contributed by atoms with van der Waals surface area (Å²) in [5.41, 5.74) is 6.73. The first kappa shape index (κ1) is 27.2. The van der Waals surface area contributed by atoms with E-state index in [2.05, 4.69) is 71.0 Å². The third-order valence-electron chi connectivity index (χ3n) is 11.3. The minimum Gasteiger partial charge on any atom is -0.481 e. The number of fused-ring (bicyclic) bond motifs is 4. The molecule has 0 aromatic heterocycles. The van der Waals surface area contributed by atoms with Gasteiger partial charge in [-0.1, -0.05) is 76.6 Å². The third kappa shape index (κ3) is 4.56. The summed E-state index contributed by atoms with van der Waals surface area (Å²) in [7, 11) is 0. The normalized spacial score (nSPS) is 34.4. The standard InChI is InChI=1S/C34H46O4/c1-22(21-23-9-7-6-8-10-23)25-12-13-26-24-11-14-28-32(2,3)29(38-31(37)16-15-30(35)36)18-20-34(28,5)27(24)17-19-33(25,26)4/h6-10,13,22,25,28-29H,11-12,14-21H2,1-5H3,(H,35,36)/t22-,25-,28+,29+,33-,34-/m1/s1. The summed E-state index contributed by atoms with van der Waals surface area (Å²) in [5.74, 6) is 0.473. The number of esters is 1. The Bertz CT molecular complexity index is 1140. The van der Waals surface area contributed by atoms with Crippen LogP contribution in [0.25, 0.3) is 0 Å². The van der Waals surface area contributed by atoms with Gasteiger partial charge in [-0.05, 0) is 96.7 Å². The lowest BCUT2D eigenvalue weighted by Gasteiger charge is -2.59. The number of carboxylic acids is 1. The van der Waals surface area contributed by atoms with Crippen molar-refractivity contribution in [3.05, 3.63) is 58.7 Å². The van der Waals surface area contributed by atoms with Gasteiger partial charge in [-0.15, -0.1) is 0 Å². The van der Waals surface area contributed by atoms with Crippen molar-refractivity contribution in [2.45, 2.75) is 105 Å². The molecule has 0 unspecified atom stereocenters. The molecule has 5 rings (SSSR count). The molecule has 6 atom stereocenters. The Morgan fingerprint density at radius 2 is 1.74 bits per heavy atom. The van der Waals surface area contributed by atoms with Gasteiger partial charge in [0.05, 0.1) is 12.8 Å². The average Bonchev–Trinajstić information content (AvgIpc) is 3.22. The number of carboxylic acid groups (broad SMARTS) is 1. The fourth-order valence-electron chi connectivity index (χ4n) is 9.33. The van der Waals surface area contributed by atoms with E-state index in [4.69, 9.17) is 9.84 Å². The number of carbonyl (C=O) groups is 2. The molecule has 4 aliphatic carbocycles. The van der Waals surface area contributed by atoms with Gasteiger partial charge >= 0.3 is 11.9 Å². The molecule has 0 saturated heterocycles. The Kier molecular flexibility index (Phi) is 7.16. The van der Waals surface area contributed by atoms with Gasteiger partial charge in [-0.25, -0.2) is 0 Å². The summed E-state index contributed by atoms with van der Waals surface area (Å²) < 4.78 is 5.93. The van der Waals surface area contributed by atoms with Crippen molar-refractivity contribution in [1.82, 2.24) is 0 Å². The highest BCUT2D eigenvalue weighted by molar-refractivity contribution is 5.76. The number of hydrogen-bond acceptors (Lipinski definition) is 3. The van der Waals surface area contributed by atoms with E-state index < -0.39 is 5.97 Å². The second kappa shape index (κ2) is 9.99. The molecule has 4 nitrogen and oxygen atoms in total. The third-order valence-corrected chi connectivity index (χ3v) is 11.3. The highest BCUT2D eigenvalue weighted by Gasteiger charge is 2.58. The van der Waals surface area contributed by atoms with Crippen molar-refractivity contribution in [3.8, 4) is 0 Å². The van der Waals surface area contributed by atoms with Gasteiger partial charge in [0.2, 0.25) is 0 Å². The first-order valence-corrected chi connectivity index (χ1v) is 14.9. The van der Waals surface area contributed by atoms with Crippen LogP contribution in [0.1, 0.15) is 98.0 Å². The number of ether oxygens (including phenoxy) is 1. The Morgan fingerprint density at radius 3 is 2.45 bits per heavy atom. The highest BCUT2D eigenvalue weighted by Crippen LogP contribution is 2.67. The Morgan fingerprint density at radius 1 is 1.00 bits per heavy atom. The molecule has 0 radical (unpaired) electrons. The molecule has 1 aromatic rings. The van der Waals surface area contributed by atoms with Gasteiger partial charge in [0.1, 0.15) is 6.10 Å². The van der Waals surface area contributed by atoms with Crippen molar-refractivity contribution in [2.24, 2.45) is 34.0 Å². The molecule has 1 aromatic carbocycles. The maximum atomic E-state index is 12.4. The molecule has 1 fully saturated rings. The van der Waals surface area contributed by atoms with Crippen LogP contribution in [0.3, 0.4) is 0 Å². The van der Waals surface area contributed by atoms with E-state index >= 15 is 0 Å². The topological polar surface area (TPSA) is 63.6 Å². The zero-order valence-electron chi connectivity index (χ0n) is 24.0. The molecular weight excluding hydrogens is 472 g/mol. The van der Waals surface area contributed by atoms with E-state index in [1.807, 2.05) is 0 Å². The minimum absolute atomic E-state index is 0.0459. The molecule has 38 heavy (non-hydrogen) atoms. The number of aliphatic carboxylic acids is 1. The van der Waals surface area contributed by atoms with Crippen molar-refractivity contribution >= 4 is 11.9 Å². The fourth-order valence-corrected chi connectivity index (χ4v) is 9.33. The van der Waals surface area contributed by atoms with Gasteiger partial charge in [0.25, 0.3) is 0 Å². The summed E-state index contributed by atoms with van der Waals surface area (Å²) in [6, 6.07) is 11.0. The molecule has 0 heterocycles. The number of benzene rings is 1. The lowest BCUT2D eigenvalue weighted by Crippen LogP contribution is -2.54. The highest BCUT2D eigenvalue weighted by atomic mass is 16.5. The number of rotatable bonds is 7. The van der Waals surface area contributed by atoms with Crippen LogP contribution in [0, 0.1) is 34.0 Å². The van der Waals surface area contributed by atoms with Crippen LogP contribution in [0.15, 0.2) is 53.1 Å². The number of allylic oxidation sites excluding steroid dienone is 4. The first-order valence-electron chi connectivity index (χ1n) is 14.9. The lowest BCUT2D eigenvalue weighted by molar-refractivity contribution is -0.170. The smallest absolute Gasteiger partial charge is 0.306 e. The summed E-state index contributed by atoms with van der Waals surface area (Å²) in [5, 5.41) is 8.95. The Balaban J connectivity index is 1.34. The molecule has 4 aliphatic rings. The average molecular weight is 519 g/mol. The molecule has 0 bridgehead atoms. The Labute approximate surface area is 228 Å². The summed E-state index contributed by atoms with van der Waals surface area (Å²) >= 11 is 0. The van der Waals surface area contributed by atoms with E-state index in [1.54, 1.807) is 16.7 Å². The molecule has 0 amide bonds. The van der Waals surface area contributed by atoms with E-state index in [0.29, 0.717) is 17.8 Å². The molecule has 1 saturated carbocycles. The summed E-state index contributed by atoms with van der Waals surface area (Å²) in [6.07, 6.45) is 11.1. The largest absolute Gasteiger partial charge is 0.481 e. The second-order valence-corrected chi connectivity index (χ2v) is 13.7. The zero-order chi connectivity index (χ0) is 27.3. The fraction of sp³-hybridized carbons (Fsp3) is 0.647. The van der Waals surface area contributed by atoms with Gasteiger partial charge in [0, 0.05) is 5.41 Å². The Hall–Kier alpha value is -2.36. The molecular formula is C34H46O4. The van der Waals surface area contributed by atoms with E-state index in [9.17, 15) is 9.59 Å². The van der Waals surface area contributed by atoms with Gasteiger partial charge in [-0.3, -0.25) is 9.59 Å². The van der Waals surface area contributed by atoms with Crippen molar-refractivity contribution in [2.75, 3.05) is 0 Å². The molecule has 4 heteroatoms. The van der Waals surface area contributed by atoms with Crippen LogP contribution in [0.4, 0.5) is 0 Å². The van der Waals surface area contributed by atoms with Gasteiger partial charge in [0.15, 0.2) is 0 Å². The van der Waals surface area contributed by atoms with Crippen LogP contribution < -0.4 is 0 Å². The SMILES string of the molecule is C[C@H](Cc1ccccc1)[C@H]1CC=C2C3=C(CC[C@@]21C)[C@@]1(C)CC[C@H](OC(=O)CCC(=O)O)C(C)(C)[C@@H]1CC3. The van der Waals surface area contributed by atoms with E-state index in [1.165, 1.54) is 24.8 Å². The molecule has 1 N–H and O–H groups in total. The quantitative estimate of drug-likeness (QED) is 0.372. The van der Waals surface area contributed by atoms with Crippen molar-refractivity contribution in [1.29, 1.82) is 0 Å². The summed E-state index contributed by atoms with van der Waals surface area (Å²) in [6.45, 7) is 12.1. The van der Waals surface area contributed by atoms with Crippen molar-refractivity contribution in [3.63, 3.8) is 0 Å². The van der Waals surface area contributed by atoms with Crippen LogP contribution in [-0.2, 0) is 20.7 Å². The van der Waals surface area contributed by atoms with Crippen LogP contribution in [-0.4, -0.2) is 23.1 Å². The van der Waals surface area contributed by atoms with Crippen molar-refractivity contribution < 1.29 is 19.4 Å². The van der Waals surface area contributed by atoms with Crippen LogP contribution >= 0.6 is 0 Å². The minimum atomic E-state index is -0.952. The van der Waals surface area contributed by atoms with Crippen LogP contribution in [0.2, 0.25) is 0 Å². The van der Waals surface area contributed by atoms with E-state index in [0.717, 1.165) is 32.1 Å². The van der Waals surface area contributed by atoms with E-state index in [-0.39, 0.29) is 41.2 Å². The molecule has 0 aliphatic heterocycles. The van der Waals surface area contributed by atoms with Crippen LogP contribution in [0.5, 0.6) is 0 Å². The maximum Gasteiger partial charge on any atom is 0.306 e. The number of carbonyl (C=O) groups excluding carboxylic acids is 1.